The highest BCUT2D eigenvalue weighted by Gasteiger charge is 2.22. The topological polar surface area (TPSA) is 145 Å². The zero-order chi connectivity index (χ0) is 38.8. The summed E-state index contributed by atoms with van der Waals surface area (Å²) in [6.07, 6.45) is 0. The Kier molecular flexibility index (Phi) is 11.9. The maximum Gasteiger partial charge on any atom is 0.371 e. The smallest absolute Gasteiger partial charge is 0.371 e. The van der Waals surface area contributed by atoms with Gasteiger partial charge in [-0.2, -0.15) is 0 Å². The van der Waals surface area contributed by atoms with E-state index < -0.39 is 21.9 Å². The summed E-state index contributed by atoms with van der Waals surface area (Å²) in [4.78, 5) is 23.3. The first-order valence-electron chi connectivity index (χ1n) is 17.2. The van der Waals surface area contributed by atoms with Crippen LogP contribution in [0.3, 0.4) is 0 Å². The summed E-state index contributed by atoms with van der Waals surface area (Å²) in [5.41, 5.74) is 5.84. The number of benzene rings is 5. The van der Waals surface area contributed by atoms with Crippen molar-refractivity contribution in [3.63, 3.8) is 0 Å². The van der Waals surface area contributed by atoms with Gasteiger partial charge in [-0.05, 0) is 84.6 Å². The average molecular weight is 756 g/mol. The van der Waals surface area contributed by atoms with Crippen LogP contribution in [0.15, 0.2) is 165 Å². The summed E-state index contributed by atoms with van der Waals surface area (Å²) in [5.74, 6) is 0.351. The Hall–Kier alpha value is -6.85. The lowest BCUT2D eigenvalue weighted by atomic mass is 10.1. The van der Waals surface area contributed by atoms with Crippen LogP contribution in [0.1, 0.15) is 43.8 Å². The number of carbonyl (C=O) groups is 2. The number of hydrogen-bond donors (Lipinski definition) is 2. The maximum absolute atomic E-state index is 12.4. The molecule has 1 amide bonds. The minimum absolute atomic E-state index is 0.000801. The third kappa shape index (κ3) is 9.98. The molecule has 278 valence electrons. The molecule has 7 rings (SSSR count). The van der Waals surface area contributed by atoms with E-state index in [1.54, 1.807) is 32.0 Å². The van der Waals surface area contributed by atoms with Gasteiger partial charge in [0.25, 0.3) is 10.0 Å². The largest absolute Gasteiger partial charge is 0.489 e. The van der Waals surface area contributed by atoms with E-state index in [-0.39, 0.29) is 29.6 Å². The first-order valence-corrected chi connectivity index (χ1v) is 18.6. The molecule has 0 bridgehead atoms. The zero-order valence-electron chi connectivity index (χ0n) is 30.0. The first-order chi connectivity index (χ1) is 26.6. The molecule has 0 aliphatic carbocycles. The van der Waals surface area contributed by atoms with Crippen LogP contribution in [-0.2, 0) is 23.2 Å². The van der Waals surface area contributed by atoms with E-state index in [0.717, 1.165) is 33.6 Å². The zero-order valence-corrected chi connectivity index (χ0v) is 30.8. The lowest BCUT2D eigenvalue weighted by Gasteiger charge is -2.07. The number of nitrogens with one attached hydrogen (secondary N) is 1. The van der Waals surface area contributed by atoms with Gasteiger partial charge in [0.15, 0.2) is 5.76 Å². The number of aromatic carboxylic acids is 1. The van der Waals surface area contributed by atoms with Crippen LogP contribution in [0.2, 0.25) is 0 Å². The van der Waals surface area contributed by atoms with Crippen LogP contribution in [-0.4, -0.2) is 25.4 Å². The normalized spacial score (nSPS) is 10.9. The lowest BCUT2D eigenvalue weighted by molar-refractivity contribution is 0.0660. The Morgan fingerprint density at radius 3 is 1.36 bits per heavy atom. The molecule has 55 heavy (non-hydrogen) atoms. The second-order valence-corrected chi connectivity index (χ2v) is 14.0. The number of carboxylic acids is 1. The molecule has 7 aromatic rings. The molecule has 0 saturated heterocycles. The number of sulfonamides is 1. The average Bonchev–Trinajstić information content (AvgIpc) is 3.79. The van der Waals surface area contributed by atoms with E-state index in [9.17, 15) is 18.0 Å². The Morgan fingerprint density at radius 1 is 0.564 bits per heavy atom. The Balaban J connectivity index is 0.000000197. The summed E-state index contributed by atoms with van der Waals surface area (Å²) >= 11 is 0. The minimum atomic E-state index is -3.98. The molecule has 0 radical (unpaired) electrons. The fourth-order valence-corrected chi connectivity index (χ4v) is 6.42. The van der Waals surface area contributed by atoms with E-state index in [1.807, 2.05) is 102 Å². The van der Waals surface area contributed by atoms with Crippen LogP contribution in [0.5, 0.6) is 11.5 Å². The van der Waals surface area contributed by atoms with Gasteiger partial charge >= 0.3 is 11.9 Å². The van der Waals surface area contributed by atoms with Crippen molar-refractivity contribution in [1.29, 1.82) is 0 Å². The fraction of sp³-hybridized carbons (Fsp3) is 0.0909. The summed E-state index contributed by atoms with van der Waals surface area (Å²) in [6.45, 7) is 3.87. The van der Waals surface area contributed by atoms with Crippen LogP contribution in [0, 0.1) is 13.8 Å². The predicted octanol–water partition coefficient (Wildman–Crippen LogP) is 9.48. The van der Waals surface area contributed by atoms with Crippen molar-refractivity contribution in [3.8, 4) is 33.8 Å². The van der Waals surface area contributed by atoms with Gasteiger partial charge in [-0.25, -0.2) is 17.9 Å². The summed E-state index contributed by atoms with van der Waals surface area (Å²) in [7, 11) is -3.98. The van der Waals surface area contributed by atoms with Gasteiger partial charge in [-0.15, -0.1) is 0 Å². The van der Waals surface area contributed by atoms with Crippen molar-refractivity contribution < 1.29 is 41.4 Å². The number of furan rings is 2. The molecule has 2 aromatic heterocycles. The van der Waals surface area contributed by atoms with E-state index in [1.165, 1.54) is 24.3 Å². The molecule has 2 heterocycles. The molecule has 10 nitrogen and oxygen atoms in total. The summed E-state index contributed by atoms with van der Waals surface area (Å²) in [6, 6.07) is 46.3. The van der Waals surface area contributed by atoms with Gasteiger partial charge in [0.05, 0.1) is 4.90 Å². The van der Waals surface area contributed by atoms with E-state index in [4.69, 9.17) is 23.4 Å². The van der Waals surface area contributed by atoms with Crippen LogP contribution >= 0.6 is 0 Å². The Bertz CT molecular complexity index is 2460. The van der Waals surface area contributed by atoms with Crippen molar-refractivity contribution in [2.75, 3.05) is 0 Å². The number of aryl methyl sites for hydroxylation is 2. The molecule has 0 saturated carbocycles. The summed E-state index contributed by atoms with van der Waals surface area (Å²) < 4.78 is 48.9. The van der Waals surface area contributed by atoms with Gasteiger partial charge < -0.3 is 23.4 Å². The number of carbonyl (C=O) groups excluding carboxylic acids is 1. The van der Waals surface area contributed by atoms with E-state index in [0.29, 0.717) is 22.8 Å². The molecule has 0 aliphatic rings. The highest BCUT2D eigenvalue weighted by molar-refractivity contribution is 7.90. The standard InChI is InChI=1S/C25H21NO5S.C19H16O4/c1-18-21(17-30-22-14-12-20(13-15-22)19-8-4-2-5-9-19)16-24(31-18)25(27)26-32(28,29)23-10-6-3-7-11-23;1-13-16(11-18(23-13)19(20)21)12-22-17-9-7-15(8-10-17)14-5-3-2-4-6-14/h2-16H,17H2,1H3,(H,26,27);2-11H,12H2,1H3,(H,20,21). The highest BCUT2D eigenvalue weighted by Crippen LogP contribution is 2.25. The van der Waals surface area contributed by atoms with Crippen LogP contribution < -0.4 is 14.2 Å². The molecular weight excluding hydrogens is 719 g/mol. The van der Waals surface area contributed by atoms with Crippen molar-refractivity contribution in [3.05, 3.63) is 186 Å². The van der Waals surface area contributed by atoms with E-state index >= 15 is 0 Å². The maximum atomic E-state index is 12.4. The van der Waals surface area contributed by atoms with Crippen molar-refractivity contribution >= 4 is 21.9 Å². The highest BCUT2D eigenvalue weighted by atomic mass is 32.2. The van der Waals surface area contributed by atoms with Crippen LogP contribution in [0.25, 0.3) is 22.3 Å². The van der Waals surface area contributed by atoms with Crippen molar-refractivity contribution in [2.24, 2.45) is 0 Å². The number of rotatable bonds is 12. The molecule has 0 atom stereocenters. The molecule has 2 N–H and O–H groups in total. The molecule has 0 fully saturated rings. The van der Waals surface area contributed by atoms with Crippen molar-refractivity contribution in [2.45, 2.75) is 32.0 Å². The summed E-state index contributed by atoms with van der Waals surface area (Å²) in [5, 5.41) is 8.91. The number of hydrogen-bond acceptors (Lipinski definition) is 8. The molecule has 0 spiro atoms. The van der Waals surface area contributed by atoms with Gasteiger partial charge in [0, 0.05) is 11.1 Å². The van der Waals surface area contributed by atoms with Crippen molar-refractivity contribution in [1.82, 2.24) is 4.72 Å². The number of carboxylic acid groups (broad SMARTS) is 1. The molecule has 5 aromatic carbocycles. The third-order valence-corrected chi connectivity index (χ3v) is 9.81. The van der Waals surface area contributed by atoms with Gasteiger partial charge in [0.2, 0.25) is 5.76 Å². The number of ether oxygens (including phenoxy) is 2. The monoisotopic (exact) mass is 755 g/mol. The first kappa shape index (κ1) is 37.9. The van der Waals surface area contributed by atoms with Gasteiger partial charge in [-0.1, -0.05) is 103 Å². The van der Waals surface area contributed by atoms with Gasteiger partial charge in [0.1, 0.15) is 36.2 Å². The Labute approximate surface area is 318 Å². The fourth-order valence-electron chi connectivity index (χ4n) is 5.45. The number of amides is 1. The van der Waals surface area contributed by atoms with Gasteiger partial charge in [-0.3, -0.25) is 4.79 Å². The SMILES string of the molecule is Cc1oc(C(=O)NS(=O)(=O)c2ccccc2)cc1COc1ccc(-c2ccccc2)cc1.Cc1oc(C(=O)O)cc1COc1ccc(-c2ccccc2)cc1. The van der Waals surface area contributed by atoms with E-state index in [2.05, 4.69) is 12.1 Å². The quantitative estimate of drug-likeness (QED) is 0.125. The molecule has 0 aliphatic heterocycles. The molecule has 0 unspecified atom stereocenters. The minimum Gasteiger partial charge on any atom is -0.489 e. The molecular formula is C44H37NO9S. The second kappa shape index (κ2) is 17.3. The Morgan fingerprint density at radius 2 is 0.945 bits per heavy atom. The predicted molar refractivity (Wildman–Crippen MR) is 207 cm³/mol. The lowest BCUT2D eigenvalue weighted by Crippen LogP contribution is -2.30. The molecule has 11 heteroatoms. The van der Waals surface area contributed by atoms with Crippen LogP contribution in [0.4, 0.5) is 0 Å². The second-order valence-electron chi connectivity index (χ2n) is 12.3. The third-order valence-electron chi connectivity index (χ3n) is 8.47.